The average molecular weight is 245 g/mol. The van der Waals surface area contributed by atoms with Gasteiger partial charge < -0.3 is 16.4 Å². The Hall–Kier alpha value is -1.63. The number of aromatic nitrogens is 3. The Bertz CT molecular complexity index is 365. The number of nitrogens with zero attached hydrogens (tertiary/aromatic N) is 3. The van der Waals surface area contributed by atoms with Gasteiger partial charge in [-0.15, -0.1) is 0 Å². The molecule has 16 heavy (non-hydrogen) atoms. The summed E-state index contributed by atoms with van der Waals surface area (Å²) in [7, 11) is 0. The average Bonchev–Trinajstić information content (AvgIpc) is 2.16. The molecule has 1 atom stereocenters. The number of nitrogens with one attached hydrogen (secondary N) is 2. The number of carbonyl (C=O) groups is 1. The minimum atomic E-state index is -0.474. The Kier molecular flexibility index (Phi) is 4.24. The molecule has 1 aromatic heterocycles. The molecule has 0 bridgehead atoms. The third kappa shape index (κ3) is 3.50. The smallest absolute Gasteiger partial charge is 0.242 e. The van der Waals surface area contributed by atoms with Crippen LogP contribution in [0.2, 0.25) is 5.28 Å². The lowest BCUT2D eigenvalue weighted by Gasteiger charge is -2.12. The van der Waals surface area contributed by atoms with E-state index in [2.05, 4.69) is 25.6 Å². The van der Waals surface area contributed by atoms with Crippen LogP contribution in [0.4, 0.5) is 11.9 Å². The number of amides is 1. The topological polar surface area (TPSA) is 106 Å². The quantitative estimate of drug-likeness (QED) is 0.691. The van der Waals surface area contributed by atoms with Crippen molar-refractivity contribution in [2.24, 2.45) is 0 Å². The fraction of sp³-hybridized carbons (Fsp3) is 0.500. The van der Waals surface area contributed by atoms with Crippen molar-refractivity contribution in [1.29, 1.82) is 0 Å². The first kappa shape index (κ1) is 12.4. The lowest BCUT2D eigenvalue weighted by Crippen LogP contribution is -2.37. The first-order valence-corrected chi connectivity index (χ1v) is 5.12. The molecule has 1 aromatic rings. The highest BCUT2D eigenvalue weighted by Crippen LogP contribution is 2.07. The van der Waals surface area contributed by atoms with Crippen molar-refractivity contribution in [1.82, 2.24) is 20.3 Å². The van der Waals surface area contributed by atoms with Crippen molar-refractivity contribution >= 4 is 29.4 Å². The van der Waals surface area contributed by atoms with Crippen LogP contribution in [0.25, 0.3) is 0 Å². The van der Waals surface area contributed by atoms with Crippen molar-refractivity contribution in [2.45, 2.75) is 19.9 Å². The third-order valence-electron chi connectivity index (χ3n) is 1.72. The van der Waals surface area contributed by atoms with Gasteiger partial charge in [-0.25, -0.2) is 0 Å². The number of rotatable bonds is 4. The van der Waals surface area contributed by atoms with Crippen LogP contribution in [0.3, 0.4) is 0 Å². The summed E-state index contributed by atoms with van der Waals surface area (Å²) in [5, 5.41) is 5.41. The fourth-order valence-electron chi connectivity index (χ4n) is 1.02. The third-order valence-corrected chi connectivity index (χ3v) is 1.88. The summed E-state index contributed by atoms with van der Waals surface area (Å²) in [6, 6.07) is -0.474. The molecule has 7 nitrogen and oxygen atoms in total. The zero-order chi connectivity index (χ0) is 12.1. The SMILES string of the molecule is CCNC(=O)C(C)Nc1nc(N)nc(Cl)n1. The van der Waals surface area contributed by atoms with Crippen molar-refractivity contribution < 1.29 is 4.79 Å². The fourth-order valence-corrected chi connectivity index (χ4v) is 1.18. The Morgan fingerprint density at radius 1 is 1.50 bits per heavy atom. The van der Waals surface area contributed by atoms with Crippen molar-refractivity contribution in [3.8, 4) is 0 Å². The van der Waals surface area contributed by atoms with E-state index in [1.54, 1.807) is 6.92 Å². The van der Waals surface area contributed by atoms with Crippen LogP contribution in [0.5, 0.6) is 0 Å². The molecule has 1 amide bonds. The summed E-state index contributed by atoms with van der Waals surface area (Å²) < 4.78 is 0. The molecule has 0 saturated carbocycles. The highest BCUT2D eigenvalue weighted by Gasteiger charge is 2.13. The molecule has 1 rings (SSSR count). The van der Waals surface area contributed by atoms with Crippen molar-refractivity contribution in [2.75, 3.05) is 17.6 Å². The predicted molar refractivity (Wildman–Crippen MR) is 61.0 cm³/mol. The number of likely N-dealkylation sites (N-methyl/N-ethyl adjacent to an activating group) is 1. The number of nitrogens with two attached hydrogens (primary N) is 1. The first-order chi connectivity index (χ1) is 7.52. The number of hydrogen-bond acceptors (Lipinski definition) is 6. The van der Waals surface area contributed by atoms with E-state index in [9.17, 15) is 4.79 Å². The largest absolute Gasteiger partial charge is 0.368 e. The highest BCUT2D eigenvalue weighted by atomic mass is 35.5. The van der Waals surface area contributed by atoms with Crippen molar-refractivity contribution in [3.05, 3.63) is 5.28 Å². The second-order valence-electron chi connectivity index (χ2n) is 3.05. The van der Waals surface area contributed by atoms with Gasteiger partial charge in [0, 0.05) is 6.54 Å². The van der Waals surface area contributed by atoms with Crippen LogP contribution in [-0.2, 0) is 4.79 Å². The van der Waals surface area contributed by atoms with Crippen molar-refractivity contribution in [3.63, 3.8) is 0 Å². The van der Waals surface area contributed by atoms with Gasteiger partial charge in [0.1, 0.15) is 6.04 Å². The molecule has 0 aromatic carbocycles. The van der Waals surface area contributed by atoms with E-state index in [0.29, 0.717) is 6.54 Å². The Labute approximate surface area is 97.8 Å². The molecular formula is C8H13ClN6O. The maximum Gasteiger partial charge on any atom is 0.242 e. The number of anilines is 2. The lowest BCUT2D eigenvalue weighted by atomic mass is 10.3. The predicted octanol–water partition coefficient (Wildman–Crippen LogP) is 0.0437. The Balaban J connectivity index is 2.69. The molecule has 88 valence electrons. The normalized spacial score (nSPS) is 11.9. The van der Waals surface area contributed by atoms with Gasteiger partial charge in [-0.3, -0.25) is 4.79 Å². The van der Waals surface area contributed by atoms with Gasteiger partial charge in [0.25, 0.3) is 0 Å². The molecule has 0 aliphatic heterocycles. The number of halogens is 1. The lowest BCUT2D eigenvalue weighted by molar-refractivity contribution is -0.121. The Morgan fingerprint density at radius 2 is 2.19 bits per heavy atom. The molecule has 0 aliphatic carbocycles. The second kappa shape index (κ2) is 5.45. The second-order valence-corrected chi connectivity index (χ2v) is 3.38. The summed E-state index contributed by atoms with van der Waals surface area (Å²) in [5.74, 6) is 0.0273. The molecule has 8 heteroatoms. The Morgan fingerprint density at radius 3 is 2.75 bits per heavy atom. The summed E-state index contributed by atoms with van der Waals surface area (Å²) in [5.41, 5.74) is 5.38. The van der Waals surface area contributed by atoms with Crippen LogP contribution in [0, 0.1) is 0 Å². The van der Waals surface area contributed by atoms with E-state index in [0.717, 1.165) is 0 Å². The maximum atomic E-state index is 11.4. The van der Waals surface area contributed by atoms with Gasteiger partial charge in [0.15, 0.2) is 0 Å². The standard InChI is InChI=1S/C8H13ClN6O/c1-3-11-5(16)4(2)12-8-14-6(9)13-7(10)15-8/h4H,3H2,1-2H3,(H,11,16)(H3,10,12,13,14,15). The van der Waals surface area contributed by atoms with Crippen LogP contribution in [-0.4, -0.2) is 33.4 Å². The molecule has 0 aliphatic rings. The first-order valence-electron chi connectivity index (χ1n) is 4.74. The maximum absolute atomic E-state index is 11.4. The molecule has 1 heterocycles. The number of nitrogen functional groups attached to an aromatic ring is 1. The molecular weight excluding hydrogens is 232 g/mol. The zero-order valence-corrected chi connectivity index (χ0v) is 9.75. The highest BCUT2D eigenvalue weighted by molar-refractivity contribution is 6.28. The minimum absolute atomic E-state index is 0.00518. The van der Waals surface area contributed by atoms with E-state index in [1.165, 1.54) is 0 Å². The van der Waals surface area contributed by atoms with Gasteiger partial charge in [0.05, 0.1) is 0 Å². The summed E-state index contributed by atoms with van der Waals surface area (Å²) in [6.07, 6.45) is 0. The van der Waals surface area contributed by atoms with E-state index >= 15 is 0 Å². The number of carbonyl (C=O) groups excluding carboxylic acids is 1. The van der Waals surface area contributed by atoms with E-state index in [1.807, 2.05) is 6.92 Å². The van der Waals surface area contributed by atoms with Gasteiger partial charge in [-0.1, -0.05) is 0 Å². The molecule has 4 N–H and O–H groups in total. The van der Waals surface area contributed by atoms with Gasteiger partial charge in [-0.2, -0.15) is 15.0 Å². The van der Waals surface area contributed by atoms with E-state index in [4.69, 9.17) is 17.3 Å². The monoisotopic (exact) mass is 244 g/mol. The summed E-state index contributed by atoms with van der Waals surface area (Å²) in [4.78, 5) is 22.6. The summed E-state index contributed by atoms with van der Waals surface area (Å²) >= 11 is 5.59. The van der Waals surface area contributed by atoms with Crippen LogP contribution in [0.1, 0.15) is 13.8 Å². The molecule has 0 radical (unpaired) electrons. The summed E-state index contributed by atoms with van der Waals surface area (Å²) in [6.45, 7) is 4.08. The van der Waals surface area contributed by atoms with Gasteiger partial charge >= 0.3 is 0 Å². The van der Waals surface area contributed by atoms with Gasteiger partial charge in [0.2, 0.25) is 23.1 Å². The molecule has 0 saturated heterocycles. The molecule has 1 unspecified atom stereocenters. The zero-order valence-electron chi connectivity index (χ0n) is 8.99. The van der Waals surface area contributed by atoms with Crippen LogP contribution in [0.15, 0.2) is 0 Å². The van der Waals surface area contributed by atoms with Crippen LogP contribution >= 0.6 is 11.6 Å². The number of hydrogen-bond donors (Lipinski definition) is 3. The van der Waals surface area contributed by atoms with Crippen LogP contribution < -0.4 is 16.4 Å². The van der Waals surface area contributed by atoms with Gasteiger partial charge in [-0.05, 0) is 25.4 Å². The van der Waals surface area contributed by atoms with E-state index in [-0.39, 0.29) is 23.1 Å². The molecule has 0 spiro atoms. The molecule has 0 fully saturated rings. The van der Waals surface area contributed by atoms with E-state index < -0.39 is 6.04 Å². The minimum Gasteiger partial charge on any atom is -0.368 e.